The van der Waals surface area contributed by atoms with Crippen LogP contribution in [0.4, 0.5) is 5.13 Å². The molecule has 88 valence electrons. The highest BCUT2D eigenvalue weighted by molar-refractivity contribution is 7.15. The van der Waals surface area contributed by atoms with E-state index in [1.165, 1.54) is 22.4 Å². The maximum absolute atomic E-state index is 11.7. The van der Waals surface area contributed by atoms with Gasteiger partial charge in [0.25, 0.3) is 5.91 Å². The van der Waals surface area contributed by atoms with Crippen molar-refractivity contribution in [1.82, 2.24) is 19.0 Å². The van der Waals surface area contributed by atoms with Crippen LogP contribution >= 0.6 is 23.1 Å². The van der Waals surface area contributed by atoms with Gasteiger partial charge in [0.1, 0.15) is 0 Å². The average Bonchev–Trinajstić information content (AvgIpc) is 2.97. The molecule has 3 heterocycles. The Morgan fingerprint density at radius 3 is 3.24 bits per heavy atom. The van der Waals surface area contributed by atoms with Crippen molar-refractivity contribution in [2.45, 2.75) is 13.0 Å². The molecule has 1 aliphatic heterocycles. The summed E-state index contributed by atoms with van der Waals surface area (Å²) in [5.74, 6) is -0.252. The summed E-state index contributed by atoms with van der Waals surface area (Å²) in [5.41, 5.74) is 1.42. The number of aromatic nitrogens is 3. The van der Waals surface area contributed by atoms with Gasteiger partial charge in [-0.3, -0.25) is 10.1 Å². The summed E-state index contributed by atoms with van der Waals surface area (Å²) in [6.45, 7) is 1.78. The van der Waals surface area contributed by atoms with E-state index < -0.39 is 0 Å². The van der Waals surface area contributed by atoms with Crippen LogP contribution in [0.25, 0.3) is 0 Å². The lowest BCUT2D eigenvalue weighted by Crippen LogP contribution is -2.22. The van der Waals surface area contributed by atoms with Crippen molar-refractivity contribution in [2.75, 3.05) is 11.9 Å². The molecule has 0 bridgehead atoms. The van der Waals surface area contributed by atoms with Crippen LogP contribution < -0.4 is 10.6 Å². The van der Waals surface area contributed by atoms with E-state index in [1.807, 2.05) is 0 Å². The normalized spacial score (nSPS) is 14.4. The number of nitrogens with one attached hydrogen (secondary N) is 2. The Morgan fingerprint density at radius 2 is 2.47 bits per heavy atom. The summed E-state index contributed by atoms with van der Waals surface area (Å²) in [7, 11) is 0. The molecular weight excluding hydrogens is 258 g/mol. The van der Waals surface area contributed by atoms with E-state index in [4.69, 9.17) is 0 Å². The minimum absolute atomic E-state index is 0.252. The molecule has 17 heavy (non-hydrogen) atoms. The number of rotatable bonds is 2. The van der Waals surface area contributed by atoms with Gasteiger partial charge in [0.05, 0.1) is 23.6 Å². The highest BCUT2D eigenvalue weighted by Crippen LogP contribution is 2.25. The molecule has 0 aliphatic carbocycles. The number of hydrogen-bond donors (Lipinski definition) is 2. The first-order chi connectivity index (χ1) is 8.33. The van der Waals surface area contributed by atoms with Crippen molar-refractivity contribution >= 4 is 34.1 Å². The van der Waals surface area contributed by atoms with Crippen LogP contribution in [-0.2, 0) is 13.0 Å². The first-order valence-electron chi connectivity index (χ1n) is 5.11. The number of fused-ring (bicyclic) bond motifs is 1. The van der Waals surface area contributed by atoms with Crippen molar-refractivity contribution in [1.29, 1.82) is 0 Å². The average molecular weight is 267 g/mol. The molecule has 2 N–H and O–H groups in total. The molecule has 0 radical (unpaired) electrons. The zero-order chi connectivity index (χ0) is 11.7. The fraction of sp³-hybridized carbons (Fsp3) is 0.333. The second kappa shape index (κ2) is 4.47. The Hall–Kier alpha value is -1.38. The summed E-state index contributed by atoms with van der Waals surface area (Å²) >= 11 is 2.53. The third-order valence-corrected chi connectivity index (χ3v) is 3.91. The van der Waals surface area contributed by atoms with Crippen LogP contribution in [0.1, 0.15) is 21.1 Å². The highest BCUT2D eigenvalue weighted by atomic mass is 32.1. The lowest BCUT2D eigenvalue weighted by Gasteiger charge is -2.09. The predicted octanol–water partition coefficient (Wildman–Crippen LogP) is 0.893. The summed E-state index contributed by atoms with van der Waals surface area (Å²) in [6.07, 6.45) is 2.37. The molecule has 0 aromatic carbocycles. The van der Waals surface area contributed by atoms with Gasteiger partial charge >= 0.3 is 0 Å². The van der Waals surface area contributed by atoms with Gasteiger partial charge in [-0.15, -0.1) is 11.3 Å². The van der Waals surface area contributed by atoms with Gasteiger partial charge in [0, 0.05) is 24.4 Å². The van der Waals surface area contributed by atoms with Crippen LogP contribution in [0, 0.1) is 0 Å². The number of hydrogen-bond acceptors (Lipinski definition) is 7. The van der Waals surface area contributed by atoms with E-state index in [2.05, 4.69) is 24.4 Å². The SMILES string of the molecule is O=C(Nc1nc2c(s1)CNCC2)c1cnsn1. The van der Waals surface area contributed by atoms with Gasteiger partial charge < -0.3 is 5.32 Å². The lowest BCUT2D eigenvalue weighted by atomic mass is 10.2. The molecule has 1 amide bonds. The molecular formula is C9H9N5OS2. The van der Waals surface area contributed by atoms with Crippen LogP contribution in [-0.4, -0.2) is 26.2 Å². The van der Waals surface area contributed by atoms with Crippen LogP contribution in [0.15, 0.2) is 6.20 Å². The summed E-state index contributed by atoms with van der Waals surface area (Å²) in [5, 5.41) is 6.65. The molecule has 0 saturated carbocycles. The molecule has 2 aromatic heterocycles. The maximum Gasteiger partial charge on any atom is 0.278 e. The number of carbonyl (C=O) groups is 1. The molecule has 6 nitrogen and oxygen atoms in total. The molecule has 0 unspecified atom stereocenters. The van der Waals surface area contributed by atoms with Crippen LogP contribution in [0.2, 0.25) is 0 Å². The Labute approximate surface area is 105 Å². The predicted molar refractivity (Wildman–Crippen MR) is 65.4 cm³/mol. The zero-order valence-electron chi connectivity index (χ0n) is 8.77. The number of thiazole rings is 1. The van der Waals surface area contributed by atoms with E-state index in [0.29, 0.717) is 10.8 Å². The lowest BCUT2D eigenvalue weighted by molar-refractivity contribution is 0.102. The minimum atomic E-state index is -0.252. The third kappa shape index (κ3) is 2.19. The van der Waals surface area contributed by atoms with Gasteiger partial charge in [0.15, 0.2) is 10.8 Å². The number of nitrogens with zero attached hydrogens (tertiary/aromatic N) is 3. The van der Waals surface area contributed by atoms with Gasteiger partial charge in [0.2, 0.25) is 0 Å². The van der Waals surface area contributed by atoms with Crippen LogP contribution in [0.3, 0.4) is 0 Å². The third-order valence-electron chi connectivity index (χ3n) is 2.42. The Balaban J connectivity index is 1.77. The topological polar surface area (TPSA) is 79.8 Å². The number of carbonyl (C=O) groups excluding carboxylic acids is 1. The Kier molecular flexibility index (Phi) is 2.83. The summed E-state index contributed by atoms with van der Waals surface area (Å²) < 4.78 is 7.67. The van der Waals surface area contributed by atoms with Crippen molar-refractivity contribution in [3.05, 3.63) is 22.5 Å². The molecule has 8 heteroatoms. The molecule has 0 atom stereocenters. The smallest absolute Gasteiger partial charge is 0.278 e. The van der Waals surface area contributed by atoms with Crippen molar-refractivity contribution in [3.8, 4) is 0 Å². The van der Waals surface area contributed by atoms with E-state index in [0.717, 1.165) is 36.9 Å². The molecule has 0 fully saturated rings. The van der Waals surface area contributed by atoms with E-state index in [9.17, 15) is 4.79 Å². The first kappa shape index (κ1) is 10.8. The second-order valence-corrected chi connectivity index (χ2v) is 5.20. The fourth-order valence-corrected chi connectivity index (χ4v) is 2.99. The standard InChI is InChI=1S/C9H9N5OS2/c15-8(6-3-11-17-14-6)13-9-12-5-1-2-10-4-7(5)16-9/h3,10H,1-2,4H2,(H,12,13,15). The van der Waals surface area contributed by atoms with E-state index in [1.54, 1.807) is 0 Å². The molecule has 3 rings (SSSR count). The van der Waals surface area contributed by atoms with Gasteiger partial charge in [-0.2, -0.15) is 8.75 Å². The monoisotopic (exact) mass is 267 g/mol. The van der Waals surface area contributed by atoms with Gasteiger partial charge in [-0.1, -0.05) is 0 Å². The van der Waals surface area contributed by atoms with E-state index >= 15 is 0 Å². The molecule has 1 aliphatic rings. The van der Waals surface area contributed by atoms with Crippen molar-refractivity contribution < 1.29 is 4.79 Å². The van der Waals surface area contributed by atoms with Gasteiger partial charge in [-0.25, -0.2) is 4.98 Å². The molecule has 0 saturated heterocycles. The molecule has 0 spiro atoms. The maximum atomic E-state index is 11.7. The highest BCUT2D eigenvalue weighted by Gasteiger charge is 2.17. The van der Waals surface area contributed by atoms with E-state index in [-0.39, 0.29) is 5.91 Å². The largest absolute Gasteiger partial charge is 0.311 e. The number of amides is 1. The number of anilines is 1. The van der Waals surface area contributed by atoms with Crippen LogP contribution in [0.5, 0.6) is 0 Å². The quantitative estimate of drug-likeness (QED) is 0.845. The molecule has 2 aromatic rings. The Morgan fingerprint density at radius 1 is 1.53 bits per heavy atom. The first-order valence-corrected chi connectivity index (χ1v) is 6.66. The summed E-state index contributed by atoms with van der Waals surface area (Å²) in [6, 6.07) is 0. The second-order valence-electron chi connectivity index (χ2n) is 3.56. The van der Waals surface area contributed by atoms with Gasteiger partial charge in [-0.05, 0) is 0 Å². The summed E-state index contributed by atoms with van der Waals surface area (Å²) in [4.78, 5) is 17.3. The minimum Gasteiger partial charge on any atom is -0.311 e. The Bertz CT molecular complexity index is 512. The van der Waals surface area contributed by atoms with Crippen molar-refractivity contribution in [2.24, 2.45) is 0 Å². The fourth-order valence-electron chi connectivity index (χ4n) is 1.60. The van der Waals surface area contributed by atoms with Crippen molar-refractivity contribution in [3.63, 3.8) is 0 Å². The zero-order valence-corrected chi connectivity index (χ0v) is 10.4.